The van der Waals surface area contributed by atoms with Gasteiger partial charge in [0.1, 0.15) is 5.75 Å². The average Bonchev–Trinajstić information content (AvgIpc) is 2.86. The average molecular weight is 282 g/mol. The van der Waals surface area contributed by atoms with E-state index in [0.29, 0.717) is 0 Å². The maximum atomic E-state index is 5.41. The Bertz CT molecular complexity index is 652. The molecule has 1 aliphatic rings. The minimum absolute atomic E-state index is 0.816. The lowest BCUT2D eigenvalue weighted by molar-refractivity contribution is 0.416. The van der Waals surface area contributed by atoms with Crippen LogP contribution in [0.4, 0.5) is 11.4 Å². The van der Waals surface area contributed by atoms with Crippen molar-refractivity contribution in [2.75, 3.05) is 30.9 Å². The molecule has 0 radical (unpaired) electrons. The highest BCUT2D eigenvalue weighted by atomic mass is 16.5. The third-order valence-electron chi connectivity index (χ3n) is 4.11. The number of fused-ring (bicyclic) bond motifs is 1. The van der Waals surface area contributed by atoms with E-state index < -0.39 is 0 Å². The standard InChI is InChI=1S/C18H22N2O/c1-13-4-7-18(21-3)16(10-13)19-12-14-5-6-17-15(11-14)8-9-20(17)2/h4-7,10-11,19H,8-9,12H2,1-3H3. The maximum absolute atomic E-state index is 5.41. The molecule has 0 fully saturated rings. The van der Waals surface area contributed by atoms with Gasteiger partial charge in [-0.05, 0) is 48.2 Å². The Morgan fingerprint density at radius 2 is 2.05 bits per heavy atom. The van der Waals surface area contributed by atoms with E-state index >= 15 is 0 Å². The summed E-state index contributed by atoms with van der Waals surface area (Å²) >= 11 is 0. The molecule has 0 aliphatic carbocycles. The number of likely N-dealkylation sites (N-methyl/N-ethyl adjacent to an activating group) is 1. The smallest absolute Gasteiger partial charge is 0.141 e. The van der Waals surface area contributed by atoms with Crippen molar-refractivity contribution in [3.05, 3.63) is 53.1 Å². The van der Waals surface area contributed by atoms with Crippen molar-refractivity contribution in [2.24, 2.45) is 0 Å². The van der Waals surface area contributed by atoms with E-state index in [0.717, 1.165) is 30.9 Å². The van der Waals surface area contributed by atoms with Gasteiger partial charge in [-0.1, -0.05) is 18.2 Å². The zero-order valence-corrected chi connectivity index (χ0v) is 12.9. The third-order valence-corrected chi connectivity index (χ3v) is 4.11. The van der Waals surface area contributed by atoms with Gasteiger partial charge in [-0.3, -0.25) is 0 Å². The number of methoxy groups -OCH3 is 1. The number of hydrogen-bond acceptors (Lipinski definition) is 3. The number of nitrogens with zero attached hydrogens (tertiary/aromatic N) is 1. The van der Waals surface area contributed by atoms with Gasteiger partial charge in [0.25, 0.3) is 0 Å². The fraction of sp³-hybridized carbons (Fsp3) is 0.333. The van der Waals surface area contributed by atoms with Gasteiger partial charge in [0.2, 0.25) is 0 Å². The summed E-state index contributed by atoms with van der Waals surface area (Å²) in [5, 5.41) is 3.49. The predicted octanol–water partition coefficient (Wildman–Crippen LogP) is 3.61. The van der Waals surface area contributed by atoms with Crippen LogP contribution in [0.1, 0.15) is 16.7 Å². The molecule has 0 aromatic heterocycles. The van der Waals surface area contributed by atoms with Gasteiger partial charge in [-0.2, -0.15) is 0 Å². The van der Waals surface area contributed by atoms with E-state index in [-0.39, 0.29) is 0 Å². The molecule has 0 amide bonds. The van der Waals surface area contributed by atoms with Crippen LogP contribution in [0, 0.1) is 6.92 Å². The van der Waals surface area contributed by atoms with Crippen molar-refractivity contribution in [1.82, 2.24) is 0 Å². The summed E-state index contributed by atoms with van der Waals surface area (Å²) in [6.07, 6.45) is 1.15. The van der Waals surface area contributed by atoms with Crippen molar-refractivity contribution in [3.63, 3.8) is 0 Å². The molecule has 3 rings (SSSR count). The molecule has 0 spiro atoms. The molecule has 2 aromatic carbocycles. The summed E-state index contributed by atoms with van der Waals surface area (Å²) in [6, 6.07) is 12.9. The monoisotopic (exact) mass is 282 g/mol. The molecule has 0 unspecified atom stereocenters. The quantitative estimate of drug-likeness (QED) is 0.927. The predicted molar refractivity (Wildman–Crippen MR) is 88.5 cm³/mol. The molecular formula is C18H22N2O. The summed E-state index contributed by atoms with van der Waals surface area (Å²) in [5.74, 6) is 0.890. The molecule has 110 valence electrons. The van der Waals surface area contributed by atoms with Crippen molar-refractivity contribution in [1.29, 1.82) is 0 Å². The Labute approximate surface area is 126 Å². The molecule has 1 N–H and O–H groups in total. The highest BCUT2D eigenvalue weighted by molar-refractivity contribution is 5.60. The second-order valence-electron chi connectivity index (χ2n) is 5.69. The van der Waals surface area contributed by atoms with Crippen LogP contribution in [0.15, 0.2) is 36.4 Å². The third kappa shape index (κ3) is 2.82. The van der Waals surface area contributed by atoms with Gasteiger partial charge in [0, 0.05) is 25.8 Å². The highest BCUT2D eigenvalue weighted by Gasteiger charge is 2.15. The molecule has 21 heavy (non-hydrogen) atoms. The Morgan fingerprint density at radius 3 is 2.86 bits per heavy atom. The van der Waals surface area contributed by atoms with Gasteiger partial charge in [0.05, 0.1) is 12.8 Å². The van der Waals surface area contributed by atoms with Gasteiger partial charge in [0.15, 0.2) is 0 Å². The number of aryl methyl sites for hydroxylation is 1. The SMILES string of the molecule is COc1ccc(C)cc1NCc1ccc2c(c1)CCN2C. The number of ether oxygens (including phenoxy) is 1. The normalized spacial score (nSPS) is 13.2. The zero-order valence-electron chi connectivity index (χ0n) is 12.9. The summed E-state index contributed by atoms with van der Waals surface area (Å²) in [7, 11) is 3.86. The number of rotatable bonds is 4. The van der Waals surface area contributed by atoms with Crippen LogP contribution in [0.25, 0.3) is 0 Å². The molecule has 1 heterocycles. The first-order chi connectivity index (χ1) is 10.2. The Hall–Kier alpha value is -2.16. The molecule has 1 aliphatic heterocycles. The summed E-state index contributed by atoms with van der Waals surface area (Å²) in [4.78, 5) is 2.32. The molecule has 0 atom stereocenters. The Balaban J connectivity index is 1.75. The lowest BCUT2D eigenvalue weighted by atomic mass is 10.1. The molecule has 0 saturated carbocycles. The lowest BCUT2D eigenvalue weighted by Crippen LogP contribution is -2.12. The van der Waals surface area contributed by atoms with E-state index in [9.17, 15) is 0 Å². The van der Waals surface area contributed by atoms with Gasteiger partial charge >= 0.3 is 0 Å². The van der Waals surface area contributed by atoms with Gasteiger partial charge in [-0.25, -0.2) is 0 Å². The van der Waals surface area contributed by atoms with Crippen LogP contribution < -0.4 is 15.0 Å². The largest absolute Gasteiger partial charge is 0.495 e. The van der Waals surface area contributed by atoms with Crippen LogP contribution >= 0.6 is 0 Å². The number of nitrogens with one attached hydrogen (secondary N) is 1. The molecular weight excluding hydrogens is 260 g/mol. The minimum Gasteiger partial charge on any atom is -0.495 e. The Morgan fingerprint density at radius 1 is 1.19 bits per heavy atom. The number of benzene rings is 2. The maximum Gasteiger partial charge on any atom is 0.141 e. The van der Waals surface area contributed by atoms with Crippen molar-refractivity contribution < 1.29 is 4.74 Å². The van der Waals surface area contributed by atoms with Crippen LogP contribution in [0.2, 0.25) is 0 Å². The summed E-state index contributed by atoms with van der Waals surface area (Å²) < 4.78 is 5.41. The first-order valence-electron chi connectivity index (χ1n) is 7.39. The van der Waals surface area contributed by atoms with E-state index in [1.165, 1.54) is 22.4 Å². The lowest BCUT2D eigenvalue weighted by Gasteiger charge is -2.14. The van der Waals surface area contributed by atoms with Crippen LogP contribution in [0.5, 0.6) is 5.75 Å². The molecule has 3 heteroatoms. The fourth-order valence-corrected chi connectivity index (χ4v) is 2.89. The van der Waals surface area contributed by atoms with E-state index in [1.54, 1.807) is 7.11 Å². The molecule has 3 nitrogen and oxygen atoms in total. The van der Waals surface area contributed by atoms with Gasteiger partial charge in [-0.15, -0.1) is 0 Å². The summed E-state index contributed by atoms with van der Waals surface area (Å²) in [6.45, 7) is 4.03. The van der Waals surface area contributed by atoms with E-state index in [4.69, 9.17) is 4.74 Å². The van der Waals surface area contributed by atoms with Crippen LogP contribution in [0.3, 0.4) is 0 Å². The van der Waals surface area contributed by atoms with E-state index in [1.807, 2.05) is 6.07 Å². The molecule has 0 bridgehead atoms. The first-order valence-corrected chi connectivity index (χ1v) is 7.39. The van der Waals surface area contributed by atoms with E-state index in [2.05, 4.69) is 54.5 Å². The van der Waals surface area contributed by atoms with Gasteiger partial charge < -0.3 is 15.0 Å². The molecule has 2 aromatic rings. The topological polar surface area (TPSA) is 24.5 Å². The van der Waals surface area contributed by atoms with Crippen molar-refractivity contribution >= 4 is 11.4 Å². The second kappa shape index (κ2) is 5.68. The van der Waals surface area contributed by atoms with Crippen molar-refractivity contribution in [2.45, 2.75) is 19.9 Å². The van der Waals surface area contributed by atoms with Crippen molar-refractivity contribution in [3.8, 4) is 5.75 Å². The fourth-order valence-electron chi connectivity index (χ4n) is 2.89. The van der Waals surface area contributed by atoms with Crippen LogP contribution in [-0.2, 0) is 13.0 Å². The minimum atomic E-state index is 0.816. The second-order valence-corrected chi connectivity index (χ2v) is 5.69. The molecule has 0 saturated heterocycles. The van der Waals surface area contributed by atoms with Crippen LogP contribution in [-0.4, -0.2) is 20.7 Å². The highest BCUT2D eigenvalue weighted by Crippen LogP contribution is 2.29. The number of hydrogen-bond donors (Lipinski definition) is 1. The zero-order chi connectivity index (χ0) is 14.8. The first kappa shape index (κ1) is 13.8. The number of anilines is 2. The Kier molecular flexibility index (Phi) is 3.74. The summed E-state index contributed by atoms with van der Waals surface area (Å²) in [5.41, 5.74) is 6.41.